The number of Topliss-reactive ketones (excluding diaryl/α,β-unsaturated/α-hetero) is 1. The molecule has 0 radical (unpaired) electrons. The van der Waals surface area contributed by atoms with Crippen molar-refractivity contribution in [2.45, 2.75) is 24.5 Å². The molecular weight excluding hydrogens is 220 g/mol. The predicted octanol–water partition coefficient (Wildman–Crippen LogP) is 3.16. The summed E-state index contributed by atoms with van der Waals surface area (Å²) in [6.07, 6.45) is 3.45. The third kappa shape index (κ3) is 2.59. The number of carbonyl (C=O) groups excluding carboxylic acids is 1. The molecule has 86 valence electrons. The van der Waals surface area contributed by atoms with E-state index in [0.717, 1.165) is 23.5 Å². The molecular formula is C13H16O2S. The summed E-state index contributed by atoms with van der Waals surface area (Å²) in [7, 11) is 1.63. The molecule has 0 aromatic heterocycles. The van der Waals surface area contributed by atoms with Crippen LogP contribution in [-0.4, -0.2) is 23.9 Å². The molecule has 1 fully saturated rings. The Morgan fingerprint density at radius 3 is 2.62 bits per heavy atom. The first-order chi connectivity index (χ1) is 7.81. The molecule has 0 N–H and O–H groups in total. The fourth-order valence-corrected chi connectivity index (χ4v) is 3.16. The number of methoxy groups -OCH3 is 1. The van der Waals surface area contributed by atoms with Gasteiger partial charge in [0.1, 0.15) is 5.75 Å². The minimum Gasteiger partial charge on any atom is -0.497 e. The van der Waals surface area contributed by atoms with Gasteiger partial charge in [0.2, 0.25) is 0 Å². The Kier molecular flexibility index (Phi) is 3.88. The van der Waals surface area contributed by atoms with Gasteiger partial charge in [-0.15, -0.1) is 0 Å². The second-order valence-electron chi connectivity index (χ2n) is 3.95. The predicted molar refractivity (Wildman–Crippen MR) is 67.4 cm³/mol. The first kappa shape index (κ1) is 11.5. The lowest BCUT2D eigenvalue weighted by Crippen LogP contribution is -2.20. The van der Waals surface area contributed by atoms with E-state index in [0.29, 0.717) is 0 Å². The standard InChI is InChI=1S/C13H16O2S/c1-15-11-7-5-10(6-8-11)13(14)12-4-2-3-9-16-12/h5-8,12H,2-4,9H2,1H3. The zero-order valence-corrected chi connectivity index (χ0v) is 10.3. The van der Waals surface area contributed by atoms with Gasteiger partial charge in [0.25, 0.3) is 0 Å². The monoisotopic (exact) mass is 236 g/mol. The minimum absolute atomic E-state index is 0.169. The number of hydrogen-bond donors (Lipinski definition) is 0. The van der Waals surface area contributed by atoms with Crippen LogP contribution in [0.15, 0.2) is 24.3 Å². The SMILES string of the molecule is COc1ccc(C(=O)C2CCCCS2)cc1. The van der Waals surface area contributed by atoms with Gasteiger partial charge in [-0.25, -0.2) is 0 Å². The Hall–Kier alpha value is -0.960. The quantitative estimate of drug-likeness (QED) is 0.754. The van der Waals surface area contributed by atoms with Gasteiger partial charge in [-0.1, -0.05) is 6.42 Å². The van der Waals surface area contributed by atoms with Crippen molar-refractivity contribution in [2.24, 2.45) is 0 Å². The molecule has 0 saturated carbocycles. The maximum absolute atomic E-state index is 12.1. The lowest BCUT2D eigenvalue weighted by Gasteiger charge is -2.19. The molecule has 2 nitrogen and oxygen atoms in total. The Bertz CT molecular complexity index is 353. The molecule has 1 aromatic carbocycles. The van der Waals surface area contributed by atoms with E-state index in [1.54, 1.807) is 18.9 Å². The third-order valence-corrected chi connectivity index (χ3v) is 4.22. The summed E-state index contributed by atoms with van der Waals surface area (Å²) >= 11 is 1.80. The number of ketones is 1. The van der Waals surface area contributed by atoms with Gasteiger partial charge in [0.05, 0.1) is 12.4 Å². The van der Waals surface area contributed by atoms with E-state index in [2.05, 4.69) is 0 Å². The molecule has 0 spiro atoms. The second kappa shape index (κ2) is 5.39. The van der Waals surface area contributed by atoms with Crippen molar-refractivity contribution in [3.8, 4) is 5.75 Å². The Morgan fingerprint density at radius 2 is 2.06 bits per heavy atom. The van der Waals surface area contributed by atoms with Crippen molar-refractivity contribution in [2.75, 3.05) is 12.9 Å². The first-order valence-corrected chi connectivity index (χ1v) is 6.66. The molecule has 3 heteroatoms. The summed E-state index contributed by atoms with van der Waals surface area (Å²) in [5.74, 6) is 2.19. The zero-order valence-electron chi connectivity index (χ0n) is 9.44. The molecule has 0 aliphatic carbocycles. The van der Waals surface area contributed by atoms with Crippen LogP contribution >= 0.6 is 11.8 Å². The highest BCUT2D eigenvalue weighted by Crippen LogP contribution is 2.28. The summed E-state index contributed by atoms with van der Waals surface area (Å²) in [6.45, 7) is 0. The molecule has 0 amide bonds. The molecule has 1 aromatic rings. The van der Waals surface area contributed by atoms with Crippen LogP contribution in [0.4, 0.5) is 0 Å². The number of hydrogen-bond acceptors (Lipinski definition) is 3. The first-order valence-electron chi connectivity index (χ1n) is 5.61. The number of thioether (sulfide) groups is 1. The highest BCUT2D eigenvalue weighted by molar-refractivity contribution is 8.00. The number of carbonyl (C=O) groups is 1. The Labute approximate surface area is 100 Å². The lowest BCUT2D eigenvalue weighted by atomic mass is 10.0. The molecule has 1 aliphatic heterocycles. The van der Waals surface area contributed by atoms with E-state index < -0.39 is 0 Å². The summed E-state index contributed by atoms with van der Waals surface area (Å²) in [5.41, 5.74) is 0.806. The van der Waals surface area contributed by atoms with Crippen LogP contribution in [0.5, 0.6) is 5.75 Å². The van der Waals surface area contributed by atoms with Gasteiger partial charge in [0.15, 0.2) is 5.78 Å². The Morgan fingerprint density at radius 1 is 1.31 bits per heavy atom. The van der Waals surface area contributed by atoms with Gasteiger partial charge in [0, 0.05) is 5.56 Å². The summed E-state index contributed by atoms with van der Waals surface area (Å²) < 4.78 is 5.08. The van der Waals surface area contributed by atoms with Gasteiger partial charge < -0.3 is 4.74 Å². The molecule has 1 unspecified atom stereocenters. The largest absolute Gasteiger partial charge is 0.497 e. The Balaban J connectivity index is 2.07. The van der Waals surface area contributed by atoms with Crippen LogP contribution < -0.4 is 4.74 Å². The summed E-state index contributed by atoms with van der Waals surface area (Å²) in [6, 6.07) is 7.41. The fraction of sp³-hybridized carbons (Fsp3) is 0.462. The van der Waals surface area contributed by atoms with Crippen molar-refractivity contribution < 1.29 is 9.53 Å². The van der Waals surface area contributed by atoms with Crippen molar-refractivity contribution >= 4 is 17.5 Å². The van der Waals surface area contributed by atoms with Crippen LogP contribution in [0.3, 0.4) is 0 Å². The van der Waals surface area contributed by atoms with E-state index in [9.17, 15) is 4.79 Å². The average Bonchev–Trinajstić information content (AvgIpc) is 2.39. The van der Waals surface area contributed by atoms with Gasteiger partial charge in [-0.3, -0.25) is 4.79 Å². The smallest absolute Gasteiger partial charge is 0.175 e. The maximum Gasteiger partial charge on any atom is 0.175 e. The molecule has 1 heterocycles. The lowest BCUT2D eigenvalue weighted by molar-refractivity contribution is 0.0985. The third-order valence-electron chi connectivity index (χ3n) is 2.85. The summed E-state index contributed by atoms with van der Waals surface area (Å²) in [4.78, 5) is 12.1. The van der Waals surface area contributed by atoms with Crippen LogP contribution in [0.25, 0.3) is 0 Å². The van der Waals surface area contributed by atoms with Crippen LogP contribution in [0.1, 0.15) is 29.6 Å². The van der Waals surface area contributed by atoms with Gasteiger partial charge in [-0.05, 0) is 42.9 Å². The van der Waals surface area contributed by atoms with E-state index in [4.69, 9.17) is 4.74 Å². The normalized spacial score (nSPS) is 20.4. The van der Waals surface area contributed by atoms with Crippen LogP contribution in [0, 0.1) is 0 Å². The van der Waals surface area contributed by atoms with Crippen molar-refractivity contribution in [3.05, 3.63) is 29.8 Å². The maximum atomic E-state index is 12.1. The zero-order chi connectivity index (χ0) is 11.4. The molecule has 1 aliphatic rings. The molecule has 2 rings (SSSR count). The van der Waals surface area contributed by atoms with Gasteiger partial charge in [-0.2, -0.15) is 11.8 Å². The van der Waals surface area contributed by atoms with E-state index in [1.807, 2.05) is 24.3 Å². The number of rotatable bonds is 3. The van der Waals surface area contributed by atoms with Crippen molar-refractivity contribution in [1.29, 1.82) is 0 Å². The summed E-state index contributed by atoms with van der Waals surface area (Å²) in [5, 5.41) is 0.169. The van der Waals surface area contributed by atoms with Crippen molar-refractivity contribution in [3.63, 3.8) is 0 Å². The van der Waals surface area contributed by atoms with Crippen LogP contribution in [0.2, 0.25) is 0 Å². The highest BCUT2D eigenvalue weighted by atomic mass is 32.2. The van der Waals surface area contributed by atoms with E-state index in [-0.39, 0.29) is 11.0 Å². The second-order valence-corrected chi connectivity index (χ2v) is 5.26. The molecule has 0 bridgehead atoms. The fourth-order valence-electron chi connectivity index (χ4n) is 1.89. The van der Waals surface area contributed by atoms with E-state index >= 15 is 0 Å². The minimum atomic E-state index is 0.169. The topological polar surface area (TPSA) is 26.3 Å². The van der Waals surface area contributed by atoms with Crippen molar-refractivity contribution in [1.82, 2.24) is 0 Å². The van der Waals surface area contributed by atoms with Gasteiger partial charge >= 0.3 is 0 Å². The highest BCUT2D eigenvalue weighted by Gasteiger charge is 2.22. The molecule has 1 saturated heterocycles. The number of ether oxygens (including phenoxy) is 1. The number of benzene rings is 1. The molecule has 1 atom stereocenters. The average molecular weight is 236 g/mol. The molecule has 16 heavy (non-hydrogen) atoms. The van der Waals surface area contributed by atoms with E-state index in [1.165, 1.54) is 12.8 Å². The van der Waals surface area contributed by atoms with Crippen LogP contribution in [-0.2, 0) is 0 Å².